The van der Waals surface area contributed by atoms with Gasteiger partial charge in [0.2, 0.25) is 0 Å². The van der Waals surface area contributed by atoms with Crippen molar-refractivity contribution in [2.75, 3.05) is 29.0 Å². The number of nitrogens with zero attached hydrogens (tertiary/aromatic N) is 4. The molecule has 170 valence electrons. The van der Waals surface area contributed by atoms with E-state index in [1.54, 1.807) is 11.7 Å². The zero-order valence-corrected chi connectivity index (χ0v) is 18.5. The van der Waals surface area contributed by atoms with Gasteiger partial charge in [0.15, 0.2) is 11.5 Å². The summed E-state index contributed by atoms with van der Waals surface area (Å²) in [5.41, 5.74) is 6.00. The van der Waals surface area contributed by atoms with Crippen LogP contribution in [0.2, 0.25) is 0 Å². The molecule has 0 radical (unpaired) electrons. The fourth-order valence-electron chi connectivity index (χ4n) is 3.83. The number of amides is 1. The van der Waals surface area contributed by atoms with E-state index in [9.17, 15) is 18.7 Å². The number of hydrogen-bond acceptors (Lipinski definition) is 7. The van der Waals surface area contributed by atoms with Crippen molar-refractivity contribution in [3.63, 3.8) is 0 Å². The van der Waals surface area contributed by atoms with Crippen molar-refractivity contribution in [2.24, 2.45) is 13.0 Å². The summed E-state index contributed by atoms with van der Waals surface area (Å²) >= 11 is 0.842. The molecule has 32 heavy (non-hydrogen) atoms. The Hall–Kier alpha value is -3.05. The third-order valence-electron chi connectivity index (χ3n) is 5.71. The second-order valence-corrected chi connectivity index (χ2v) is 8.93. The molecule has 4 rings (SSSR count). The zero-order chi connectivity index (χ0) is 23.0. The number of carbonyl (C=O) groups is 1. The third kappa shape index (κ3) is 4.17. The topological polar surface area (TPSA) is 109 Å². The number of nitrogen functional groups attached to an aromatic ring is 1. The second-order valence-electron chi connectivity index (χ2n) is 7.90. The Morgan fingerprint density at radius 2 is 1.97 bits per heavy atom. The van der Waals surface area contributed by atoms with Gasteiger partial charge in [-0.15, -0.1) is 0 Å². The van der Waals surface area contributed by atoms with Gasteiger partial charge in [-0.3, -0.25) is 9.48 Å². The minimum atomic E-state index is -0.780. The Labute approximate surface area is 187 Å². The van der Waals surface area contributed by atoms with Gasteiger partial charge in [-0.1, -0.05) is 24.3 Å². The van der Waals surface area contributed by atoms with Crippen LogP contribution in [0.5, 0.6) is 0 Å². The Balaban J connectivity index is 1.59. The molecule has 1 aromatic carbocycles. The molecule has 2 atom stereocenters. The first-order valence-electron chi connectivity index (χ1n) is 10.2. The van der Waals surface area contributed by atoms with Crippen LogP contribution in [0.15, 0.2) is 24.4 Å². The predicted octanol–water partition coefficient (Wildman–Crippen LogP) is 3.25. The van der Waals surface area contributed by atoms with Gasteiger partial charge in [0.1, 0.15) is 27.3 Å². The van der Waals surface area contributed by atoms with Crippen molar-refractivity contribution in [3.8, 4) is 10.6 Å². The number of halogens is 2. The first-order valence-corrected chi connectivity index (χ1v) is 11.0. The lowest BCUT2D eigenvalue weighted by Gasteiger charge is -2.24. The minimum Gasteiger partial charge on any atom is -0.393 e. The zero-order valence-electron chi connectivity index (χ0n) is 17.7. The Kier molecular flexibility index (Phi) is 6.11. The highest BCUT2D eigenvalue weighted by Gasteiger charge is 2.27. The molecule has 0 saturated carbocycles. The molecule has 1 fully saturated rings. The average Bonchev–Trinajstić information content (AvgIpc) is 3.25. The fourth-order valence-corrected chi connectivity index (χ4v) is 4.70. The van der Waals surface area contributed by atoms with Gasteiger partial charge in [0.25, 0.3) is 5.91 Å². The van der Waals surface area contributed by atoms with E-state index in [-0.39, 0.29) is 33.3 Å². The van der Waals surface area contributed by atoms with E-state index in [2.05, 4.69) is 20.3 Å². The summed E-state index contributed by atoms with van der Waals surface area (Å²) in [4.78, 5) is 19.1. The van der Waals surface area contributed by atoms with Crippen molar-refractivity contribution >= 4 is 33.8 Å². The molecule has 0 spiro atoms. The van der Waals surface area contributed by atoms with Crippen LogP contribution in [-0.4, -0.2) is 45.0 Å². The average molecular weight is 463 g/mol. The molecule has 3 heterocycles. The van der Waals surface area contributed by atoms with E-state index in [0.717, 1.165) is 29.9 Å². The van der Waals surface area contributed by atoms with Crippen molar-refractivity contribution in [3.05, 3.63) is 41.7 Å². The van der Waals surface area contributed by atoms with Gasteiger partial charge in [0, 0.05) is 20.1 Å². The smallest absolute Gasteiger partial charge is 0.277 e. The summed E-state index contributed by atoms with van der Waals surface area (Å²) in [7, 11) is 1.77. The molecule has 2 aromatic heterocycles. The van der Waals surface area contributed by atoms with Crippen LogP contribution in [0, 0.1) is 17.6 Å². The Morgan fingerprint density at radius 3 is 2.69 bits per heavy atom. The molecule has 1 saturated heterocycles. The molecule has 11 heteroatoms. The van der Waals surface area contributed by atoms with E-state index in [1.807, 2.05) is 6.92 Å². The highest BCUT2D eigenvalue weighted by atomic mass is 32.1. The molecule has 1 aliphatic rings. The van der Waals surface area contributed by atoms with Crippen LogP contribution in [0.25, 0.3) is 10.6 Å². The maximum Gasteiger partial charge on any atom is 0.277 e. The number of benzene rings is 1. The first kappa shape index (κ1) is 22.2. The number of nitrogens with two attached hydrogens (primary N) is 1. The van der Waals surface area contributed by atoms with E-state index < -0.39 is 17.5 Å². The van der Waals surface area contributed by atoms with Crippen molar-refractivity contribution in [2.45, 2.75) is 25.9 Å². The van der Waals surface area contributed by atoms with Crippen molar-refractivity contribution in [1.29, 1.82) is 0 Å². The number of nitrogens with one attached hydrogen (secondary N) is 1. The van der Waals surface area contributed by atoms with Gasteiger partial charge in [-0.25, -0.2) is 13.8 Å². The number of aliphatic hydroxyl groups is 1. The van der Waals surface area contributed by atoms with Crippen LogP contribution in [0.3, 0.4) is 0 Å². The van der Waals surface area contributed by atoms with Gasteiger partial charge < -0.3 is 21.1 Å². The van der Waals surface area contributed by atoms with E-state index in [4.69, 9.17) is 5.73 Å². The number of aliphatic hydroxyl groups excluding tert-OH is 1. The van der Waals surface area contributed by atoms with Gasteiger partial charge in [-0.05, 0) is 30.9 Å². The highest BCUT2D eigenvalue weighted by molar-refractivity contribution is 7.19. The Morgan fingerprint density at radius 1 is 1.28 bits per heavy atom. The number of anilines is 3. The Bertz CT molecular complexity index is 1120. The number of carbonyl (C=O) groups excluding carboxylic acids is 1. The predicted molar refractivity (Wildman–Crippen MR) is 120 cm³/mol. The first-order chi connectivity index (χ1) is 15.3. The molecule has 1 amide bonds. The molecular formula is C21H24F2N6O2S. The van der Waals surface area contributed by atoms with E-state index in [0.29, 0.717) is 31.0 Å². The quantitative estimate of drug-likeness (QED) is 0.549. The summed E-state index contributed by atoms with van der Waals surface area (Å²) in [5.74, 6) is -1.28. The molecule has 0 aliphatic carbocycles. The maximum atomic E-state index is 14.1. The van der Waals surface area contributed by atoms with E-state index >= 15 is 0 Å². The molecular weight excluding hydrogens is 438 g/mol. The number of aryl methyl sites for hydroxylation is 1. The standard InChI is InChI=1S/C21H24F2N6O2S/c1-11-6-8-29(9-7-15(11)30)21-14(10-25-28(21)2)26-19(31)17-18(24)32-20(27-17)16-12(22)4-3-5-13(16)23/h3-5,10-11,15,30H,6-9,24H2,1-2H3,(H,26,31). The lowest BCUT2D eigenvalue weighted by atomic mass is 10.0. The second kappa shape index (κ2) is 8.83. The van der Waals surface area contributed by atoms with Gasteiger partial charge >= 0.3 is 0 Å². The van der Waals surface area contributed by atoms with E-state index in [1.165, 1.54) is 12.3 Å². The summed E-state index contributed by atoms with van der Waals surface area (Å²) in [6.45, 7) is 3.33. The van der Waals surface area contributed by atoms with Crippen LogP contribution in [0.4, 0.5) is 25.3 Å². The summed E-state index contributed by atoms with van der Waals surface area (Å²) in [6, 6.07) is 3.50. The van der Waals surface area contributed by atoms with Gasteiger partial charge in [-0.2, -0.15) is 5.10 Å². The lowest BCUT2D eigenvalue weighted by Crippen LogP contribution is -2.28. The van der Waals surface area contributed by atoms with Gasteiger partial charge in [0.05, 0.1) is 17.9 Å². The summed E-state index contributed by atoms with van der Waals surface area (Å²) < 4.78 is 29.9. The molecule has 0 bridgehead atoms. The number of rotatable bonds is 4. The third-order valence-corrected chi connectivity index (χ3v) is 6.61. The largest absolute Gasteiger partial charge is 0.393 e. The number of aromatic nitrogens is 3. The summed E-state index contributed by atoms with van der Waals surface area (Å²) in [5, 5.41) is 17.3. The van der Waals surface area contributed by atoms with Crippen molar-refractivity contribution in [1.82, 2.24) is 14.8 Å². The molecule has 1 aliphatic heterocycles. The highest BCUT2D eigenvalue weighted by Crippen LogP contribution is 2.34. The normalized spacial score (nSPS) is 19.1. The fraction of sp³-hybridized carbons (Fsp3) is 0.381. The number of thiazole rings is 1. The van der Waals surface area contributed by atoms with Crippen LogP contribution in [0.1, 0.15) is 30.3 Å². The molecule has 4 N–H and O–H groups in total. The van der Waals surface area contributed by atoms with Crippen molar-refractivity contribution < 1.29 is 18.7 Å². The SMILES string of the molecule is CC1CCN(c2c(NC(=O)c3nc(-c4c(F)cccc4F)sc3N)cnn2C)CCC1O. The van der Waals surface area contributed by atoms with Crippen LogP contribution >= 0.6 is 11.3 Å². The molecule has 8 nitrogen and oxygen atoms in total. The molecule has 3 aromatic rings. The lowest BCUT2D eigenvalue weighted by molar-refractivity contribution is 0.102. The summed E-state index contributed by atoms with van der Waals surface area (Å²) in [6.07, 6.45) is 2.56. The molecule has 2 unspecified atom stereocenters. The minimum absolute atomic E-state index is 0.00912. The number of hydrogen-bond donors (Lipinski definition) is 3. The van der Waals surface area contributed by atoms with Crippen LogP contribution < -0.4 is 16.0 Å². The maximum absolute atomic E-state index is 14.1. The van der Waals surface area contributed by atoms with Crippen LogP contribution in [-0.2, 0) is 7.05 Å². The monoisotopic (exact) mass is 462 g/mol.